The number of nitrogens with two attached hydrogens (primary N) is 1. The predicted octanol–water partition coefficient (Wildman–Crippen LogP) is 4.04. The Bertz CT molecular complexity index is 425. The number of rotatable bonds is 7. The van der Waals surface area contributed by atoms with Crippen molar-refractivity contribution in [3.63, 3.8) is 0 Å². The van der Waals surface area contributed by atoms with E-state index in [4.69, 9.17) is 5.73 Å². The van der Waals surface area contributed by atoms with Gasteiger partial charge in [0.2, 0.25) is 0 Å². The molecule has 0 aromatic heterocycles. The molecule has 0 saturated carbocycles. The van der Waals surface area contributed by atoms with Crippen molar-refractivity contribution in [3.8, 4) is 0 Å². The van der Waals surface area contributed by atoms with E-state index in [0.29, 0.717) is 6.04 Å². The topological polar surface area (TPSA) is 29.3 Å². The molecule has 1 fully saturated rings. The monoisotopic (exact) mass is 292 g/mol. The molecule has 1 aliphatic rings. The largest absolute Gasteiger partial charge is 0.320 e. The van der Waals surface area contributed by atoms with Crippen LogP contribution in [0.3, 0.4) is 0 Å². The van der Waals surface area contributed by atoms with Crippen LogP contribution in [-0.2, 0) is 5.54 Å². The molecule has 3 heteroatoms. The normalized spacial score (nSPS) is 20.4. The van der Waals surface area contributed by atoms with Gasteiger partial charge in [0.05, 0.1) is 5.54 Å². The molecular formula is C18H29FN2. The Morgan fingerprint density at radius 1 is 1.19 bits per heavy atom. The molecule has 118 valence electrons. The van der Waals surface area contributed by atoms with Crippen LogP contribution >= 0.6 is 0 Å². The third-order valence-electron chi connectivity index (χ3n) is 4.97. The fourth-order valence-corrected chi connectivity index (χ4v) is 3.61. The van der Waals surface area contributed by atoms with Crippen molar-refractivity contribution in [2.75, 3.05) is 13.1 Å². The molecule has 1 aromatic rings. The van der Waals surface area contributed by atoms with Gasteiger partial charge in [-0.05, 0) is 56.5 Å². The van der Waals surface area contributed by atoms with Gasteiger partial charge in [0.1, 0.15) is 5.82 Å². The molecule has 1 aromatic carbocycles. The first-order valence-electron chi connectivity index (χ1n) is 8.40. The van der Waals surface area contributed by atoms with Crippen molar-refractivity contribution in [3.05, 3.63) is 35.6 Å². The maximum atomic E-state index is 13.2. The number of unbranched alkanes of at least 4 members (excludes halogenated alkanes) is 1. The fourth-order valence-electron chi connectivity index (χ4n) is 3.61. The maximum Gasteiger partial charge on any atom is 0.123 e. The van der Waals surface area contributed by atoms with Crippen LogP contribution in [0.2, 0.25) is 0 Å². The van der Waals surface area contributed by atoms with Crippen LogP contribution in [0.1, 0.15) is 57.9 Å². The Balaban J connectivity index is 2.29. The summed E-state index contributed by atoms with van der Waals surface area (Å²) in [5.41, 5.74) is 7.56. The number of nitrogens with zero attached hydrogens (tertiary/aromatic N) is 1. The average Bonchev–Trinajstić information content (AvgIpc) is 3.02. The van der Waals surface area contributed by atoms with E-state index in [9.17, 15) is 4.39 Å². The lowest BCUT2D eigenvalue weighted by Gasteiger charge is -2.43. The Morgan fingerprint density at radius 3 is 2.33 bits per heavy atom. The van der Waals surface area contributed by atoms with Gasteiger partial charge in [-0.3, -0.25) is 4.90 Å². The second kappa shape index (κ2) is 7.37. The van der Waals surface area contributed by atoms with Crippen molar-refractivity contribution in [1.82, 2.24) is 4.90 Å². The van der Waals surface area contributed by atoms with E-state index in [1.165, 1.54) is 37.8 Å². The molecule has 0 spiro atoms. The quantitative estimate of drug-likeness (QED) is 0.821. The number of hydrogen-bond donors (Lipinski definition) is 1. The van der Waals surface area contributed by atoms with Gasteiger partial charge < -0.3 is 5.73 Å². The van der Waals surface area contributed by atoms with Crippen molar-refractivity contribution in [1.29, 1.82) is 0 Å². The van der Waals surface area contributed by atoms with Gasteiger partial charge in [-0.25, -0.2) is 4.39 Å². The zero-order chi connectivity index (χ0) is 15.3. The van der Waals surface area contributed by atoms with E-state index in [-0.39, 0.29) is 11.4 Å². The second-order valence-corrected chi connectivity index (χ2v) is 6.30. The van der Waals surface area contributed by atoms with Gasteiger partial charge in [0.15, 0.2) is 0 Å². The van der Waals surface area contributed by atoms with E-state index in [1.54, 1.807) is 0 Å². The molecule has 0 aliphatic carbocycles. The van der Waals surface area contributed by atoms with E-state index >= 15 is 0 Å². The predicted molar refractivity (Wildman–Crippen MR) is 86.7 cm³/mol. The van der Waals surface area contributed by atoms with Gasteiger partial charge in [-0.2, -0.15) is 0 Å². The first-order chi connectivity index (χ1) is 10.1. The lowest BCUT2D eigenvalue weighted by Crippen LogP contribution is -2.55. The van der Waals surface area contributed by atoms with Crippen LogP contribution in [0.25, 0.3) is 0 Å². The average molecular weight is 292 g/mol. The van der Waals surface area contributed by atoms with Gasteiger partial charge >= 0.3 is 0 Å². The molecule has 0 radical (unpaired) electrons. The number of benzene rings is 1. The standard InChI is InChI=1S/C18H29FN2/c1-3-5-8-17(21-13-6-7-14-21)18(20,4-2)15-9-11-16(19)12-10-15/h9-12,17H,3-8,13-14,20H2,1-2H3. The molecule has 21 heavy (non-hydrogen) atoms. The molecule has 2 atom stereocenters. The van der Waals surface area contributed by atoms with Crippen LogP contribution < -0.4 is 5.73 Å². The summed E-state index contributed by atoms with van der Waals surface area (Å²) in [4.78, 5) is 2.56. The Kier molecular flexibility index (Phi) is 5.77. The highest BCUT2D eigenvalue weighted by molar-refractivity contribution is 5.27. The summed E-state index contributed by atoms with van der Waals surface area (Å²) in [6, 6.07) is 7.17. The molecule has 2 nitrogen and oxygen atoms in total. The zero-order valence-electron chi connectivity index (χ0n) is 13.4. The summed E-state index contributed by atoms with van der Waals surface area (Å²) in [7, 11) is 0. The summed E-state index contributed by atoms with van der Waals surface area (Å²) in [6.07, 6.45) is 6.92. The number of likely N-dealkylation sites (tertiary alicyclic amines) is 1. The molecule has 2 N–H and O–H groups in total. The summed E-state index contributed by atoms with van der Waals surface area (Å²) in [6.45, 7) is 6.67. The maximum absolute atomic E-state index is 13.2. The van der Waals surface area contributed by atoms with Gasteiger partial charge in [-0.15, -0.1) is 0 Å². The summed E-state index contributed by atoms with van der Waals surface area (Å²) >= 11 is 0. The minimum absolute atomic E-state index is 0.191. The minimum Gasteiger partial charge on any atom is -0.320 e. The van der Waals surface area contributed by atoms with Crippen LogP contribution in [0.5, 0.6) is 0 Å². The summed E-state index contributed by atoms with van der Waals surface area (Å²) in [5.74, 6) is -0.191. The highest BCUT2D eigenvalue weighted by Crippen LogP contribution is 2.34. The van der Waals surface area contributed by atoms with Crippen molar-refractivity contribution in [2.24, 2.45) is 5.73 Å². The first-order valence-corrected chi connectivity index (χ1v) is 8.40. The molecule has 0 amide bonds. The number of halogens is 1. The second-order valence-electron chi connectivity index (χ2n) is 6.30. The lowest BCUT2D eigenvalue weighted by molar-refractivity contribution is 0.129. The third kappa shape index (κ3) is 3.64. The van der Waals surface area contributed by atoms with E-state index in [0.717, 1.165) is 31.5 Å². The van der Waals surface area contributed by atoms with Gasteiger partial charge in [0.25, 0.3) is 0 Å². The highest BCUT2D eigenvalue weighted by Gasteiger charge is 2.39. The fraction of sp³-hybridized carbons (Fsp3) is 0.667. The minimum atomic E-state index is -0.382. The molecule has 1 saturated heterocycles. The Hall–Kier alpha value is -0.930. The Morgan fingerprint density at radius 2 is 1.81 bits per heavy atom. The van der Waals surface area contributed by atoms with Gasteiger partial charge in [0, 0.05) is 6.04 Å². The first kappa shape index (κ1) is 16.4. The molecule has 1 aliphatic heterocycles. The molecule has 0 bridgehead atoms. The number of hydrogen-bond acceptors (Lipinski definition) is 2. The van der Waals surface area contributed by atoms with Crippen molar-refractivity contribution >= 4 is 0 Å². The zero-order valence-corrected chi connectivity index (χ0v) is 13.4. The molecule has 2 rings (SSSR count). The highest BCUT2D eigenvalue weighted by atomic mass is 19.1. The van der Waals surface area contributed by atoms with E-state index in [2.05, 4.69) is 18.7 Å². The SMILES string of the molecule is CCCCC(N1CCCC1)C(N)(CC)c1ccc(F)cc1. The van der Waals surface area contributed by atoms with Crippen molar-refractivity contribution in [2.45, 2.75) is 64.0 Å². The van der Waals surface area contributed by atoms with Gasteiger partial charge in [-0.1, -0.05) is 38.8 Å². The van der Waals surface area contributed by atoms with Crippen molar-refractivity contribution < 1.29 is 4.39 Å². The van der Waals surface area contributed by atoms with E-state index in [1.807, 2.05) is 12.1 Å². The van der Waals surface area contributed by atoms with Crippen LogP contribution in [0.4, 0.5) is 4.39 Å². The molecular weight excluding hydrogens is 263 g/mol. The van der Waals surface area contributed by atoms with Crippen LogP contribution in [0, 0.1) is 5.82 Å². The van der Waals surface area contributed by atoms with Crippen LogP contribution in [-0.4, -0.2) is 24.0 Å². The molecule has 2 unspecified atom stereocenters. The third-order valence-corrected chi connectivity index (χ3v) is 4.97. The van der Waals surface area contributed by atoms with E-state index < -0.39 is 0 Å². The summed E-state index contributed by atoms with van der Waals surface area (Å²) in [5, 5.41) is 0. The summed E-state index contributed by atoms with van der Waals surface area (Å²) < 4.78 is 13.2. The lowest BCUT2D eigenvalue weighted by atomic mass is 9.78. The Labute approximate surface area is 128 Å². The van der Waals surface area contributed by atoms with Crippen LogP contribution in [0.15, 0.2) is 24.3 Å². The molecule has 1 heterocycles. The smallest absolute Gasteiger partial charge is 0.123 e.